The van der Waals surface area contributed by atoms with E-state index >= 15 is 0 Å². The molecule has 1 heterocycles. The molecule has 1 aromatic rings. The number of hydrogen-bond donors (Lipinski definition) is 2. The highest BCUT2D eigenvalue weighted by Crippen LogP contribution is 2.16. The summed E-state index contributed by atoms with van der Waals surface area (Å²) in [6.45, 7) is 2.95. The summed E-state index contributed by atoms with van der Waals surface area (Å²) in [7, 11) is -0.625. The fraction of sp³-hybridized carbons (Fsp3) is 0.545. The van der Waals surface area contributed by atoms with E-state index in [0.29, 0.717) is 25.4 Å². The zero-order valence-corrected chi connectivity index (χ0v) is 12.1. The Morgan fingerprint density at radius 3 is 2.58 bits per heavy atom. The second kappa shape index (κ2) is 6.69. The molecule has 8 heteroatoms. The van der Waals surface area contributed by atoms with Gasteiger partial charge in [0.15, 0.2) is 0 Å². The third kappa shape index (κ3) is 4.66. The molecule has 0 aliphatic rings. The molecule has 0 unspecified atom stereocenters. The molecule has 0 radical (unpaired) electrons. The third-order valence-corrected chi connectivity index (χ3v) is 4.04. The summed E-state index contributed by atoms with van der Waals surface area (Å²) < 4.78 is 29.9. The molecule has 0 bridgehead atoms. The van der Waals surface area contributed by atoms with Crippen LogP contribution >= 0.6 is 0 Å². The number of nitrogens with one attached hydrogen (secondary N) is 2. The lowest BCUT2D eigenvalue weighted by atomic mass is 10.4. The number of rotatable bonds is 7. The van der Waals surface area contributed by atoms with Gasteiger partial charge in [-0.2, -0.15) is 0 Å². The Kier molecular flexibility index (Phi) is 5.52. The average Bonchev–Trinajstić information content (AvgIpc) is 2.77. The van der Waals surface area contributed by atoms with Crippen LogP contribution in [0.15, 0.2) is 21.6 Å². The minimum atomic E-state index is -3.52. The van der Waals surface area contributed by atoms with Crippen LogP contribution in [0, 0.1) is 0 Å². The number of carbonyl (C=O) groups excluding carboxylic acids is 1. The summed E-state index contributed by atoms with van der Waals surface area (Å²) in [6, 6.07) is 3.04. The van der Waals surface area contributed by atoms with Crippen LogP contribution in [0.3, 0.4) is 0 Å². The molecule has 0 fully saturated rings. The highest BCUT2D eigenvalue weighted by molar-refractivity contribution is 7.88. The highest BCUT2D eigenvalue weighted by atomic mass is 32.2. The molecule has 0 aliphatic carbocycles. The minimum absolute atomic E-state index is 0.0730. The lowest BCUT2D eigenvalue weighted by Gasteiger charge is -2.08. The zero-order chi connectivity index (χ0) is 14.5. The maximum Gasteiger partial charge on any atom is 0.275 e. The second-order valence-corrected chi connectivity index (χ2v) is 6.25. The molecule has 1 rings (SSSR count). The highest BCUT2D eigenvalue weighted by Gasteiger charge is 2.21. The number of sulfonamides is 1. The van der Waals surface area contributed by atoms with Crippen molar-refractivity contribution in [2.75, 3.05) is 27.2 Å². The van der Waals surface area contributed by atoms with E-state index < -0.39 is 10.0 Å². The lowest BCUT2D eigenvalue weighted by molar-refractivity contribution is -0.118. The maximum atomic E-state index is 11.8. The Bertz CT molecular complexity index is 522. The van der Waals surface area contributed by atoms with Gasteiger partial charge in [-0.3, -0.25) is 4.79 Å². The van der Waals surface area contributed by atoms with Crippen LogP contribution in [-0.2, 0) is 21.4 Å². The van der Waals surface area contributed by atoms with Gasteiger partial charge in [0.2, 0.25) is 11.0 Å². The Morgan fingerprint density at radius 2 is 2.00 bits per heavy atom. The molecular weight excluding hydrogens is 270 g/mol. The Morgan fingerprint density at radius 1 is 1.32 bits per heavy atom. The number of furan rings is 1. The van der Waals surface area contributed by atoms with Crippen molar-refractivity contribution in [1.29, 1.82) is 0 Å². The van der Waals surface area contributed by atoms with Crippen molar-refractivity contribution in [3.8, 4) is 0 Å². The van der Waals surface area contributed by atoms with Crippen LogP contribution in [0.4, 0.5) is 0 Å². The molecule has 0 saturated heterocycles. The van der Waals surface area contributed by atoms with Gasteiger partial charge < -0.3 is 15.1 Å². The van der Waals surface area contributed by atoms with Crippen molar-refractivity contribution in [3.05, 3.63) is 17.9 Å². The number of hydrogen-bond acceptors (Lipinski definition) is 5. The first-order valence-electron chi connectivity index (χ1n) is 5.80. The third-order valence-electron chi connectivity index (χ3n) is 2.35. The second-order valence-electron chi connectivity index (χ2n) is 4.17. The molecule has 0 saturated carbocycles. The van der Waals surface area contributed by atoms with E-state index in [1.54, 1.807) is 6.07 Å². The van der Waals surface area contributed by atoms with Crippen LogP contribution in [0.25, 0.3) is 0 Å². The van der Waals surface area contributed by atoms with E-state index in [9.17, 15) is 13.2 Å². The fourth-order valence-electron chi connectivity index (χ4n) is 1.31. The quantitative estimate of drug-likeness (QED) is 0.676. The van der Waals surface area contributed by atoms with E-state index in [1.807, 2.05) is 0 Å². The Hall–Kier alpha value is -1.38. The summed E-state index contributed by atoms with van der Waals surface area (Å²) in [5, 5.41) is 5.60. The van der Waals surface area contributed by atoms with Crippen LogP contribution in [0.5, 0.6) is 0 Å². The zero-order valence-electron chi connectivity index (χ0n) is 11.3. The normalized spacial score (nSPS) is 11.8. The Balaban J connectivity index is 2.46. The summed E-state index contributed by atoms with van der Waals surface area (Å²) in [6.07, 6.45) is 0. The van der Waals surface area contributed by atoms with Gasteiger partial charge in [0, 0.05) is 34.1 Å². The van der Waals surface area contributed by atoms with Crippen molar-refractivity contribution < 1.29 is 17.6 Å². The molecule has 7 nitrogen and oxygen atoms in total. The number of nitrogens with zero attached hydrogens (tertiary/aromatic N) is 1. The standard InChI is InChI=1S/C11H19N3O4S/c1-9(15)13-7-6-12-8-10-4-5-11(18-10)19(16,17)14(2)3/h4-5,12H,6-8H2,1-3H3,(H,13,15). The van der Waals surface area contributed by atoms with Gasteiger partial charge in [-0.25, -0.2) is 12.7 Å². The van der Waals surface area contributed by atoms with Gasteiger partial charge >= 0.3 is 0 Å². The van der Waals surface area contributed by atoms with E-state index in [0.717, 1.165) is 4.31 Å². The van der Waals surface area contributed by atoms with Crippen molar-refractivity contribution in [3.63, 3.8) is 0 Å². The van der Waals surface area contributed by atoms with Gasteiger partial charge in [-0.15, -0.1) is 0 Å². The monoisotopic (exact) mass is 289 g/mol. The van der Waals surface area contributed by atoms with Gasteiger partial charge in [-0.1, -0.05) is 0 Å². The van der Waals surface area contributed by atoms with E-state index in [-0.39, 0.29) is 11.0 Å². The first-order chi connectivity index (χ1) is 8.84. The van der Waals surface area contributed by atoms with Crippen molar-refractivity contribution in [2.24, 2.45) is 0 Å². The van der Waals surface area contributed by atoms with Crippen LogP contribution in [0.1, 0.15) is 12.7 Å². The first-order valence-corrected chi connectivity index (χ1v) is 7.24. The summed E-state index contributed by atoms with van der Waals surface area (Å²) in [5.74, 6) is 0.447. The van der Waals surface area contributed by atoms with Crippen LogP contribution < -0.4 is 10.6 Å². The number of amides is 1. The molecule has 108 valence electrons. The minimum Gasteiger partial charge on any atom is -0.447 e. The molecule has 19 heavy (non-hydrogen) atoms. The molecule has 0 aliphatic heterocycles. The van der Waals surface area contributed by atoms with Gasteiger partial charge in [0.1, 0.15) is 5.76 Å². The smallest absolute Gasteiger partial charge is 0.275 e. The summed E-state index contributed by atoms with van der Waals surface area (Å²) in [5.41, 5.74) is 0. The predicted molar refractivity (Wildman–Crippen MR) is 70.0 cm³/mol. The maximum absolute atomic E-state index is 11.8. The molecule has 2 N–H and O–H groups in total. The number of carbonyl (C=O) groups is 1. The largest absolute Gasteiger partial charge is 0.447 e. The van der Waals surface area contributed by atoms with E-state index in [1.165, 1.54) is 27.1 Å². The van der Waals surface area contributed by atoms with Crippen molar-refractivity contribution in [2.45, 2.75) is 18.6 Å². The van der Waals surface area contributed by atoms with Crippen LogP contribution in [0.2, 0.25) is 0 Å². The molecule has 0 spiro atoms. The van der Waals surface area contributed by atoms with Crippen molar-refractivity contribution in [1.82, 2.24) is 14.9 Å². The molecule has 1 aromatic heterocycles. The van der Waals surface area contributed by atoms with Crippen LogP contribution in [-0.4, -0.2) is 45.8 Å². The lowest BCUT2D eigenvalue weighted by Crippen LogP contribution is -2.29. The van der Waals surface area contributed by atoms with E-state index in [2.05, 4.69) is 10.6 Å². The molecule has 0 aromatic carbocycles. The predicted octanol–water partition coefficient (Wildman–Crippen LogP) is -0.244. The fourth-order valence-corrected chi connectivity index (χ4v) is 2.12. The summed E-state index contributed by atoms with van der Waals surface area (Å²) >= 11 is 0. The van der Waals surface area contributed by atoms with Gasteiger partial charge in [0.05, 0.1) is 6.54 Å². The molecule has 0 atom stereocenters. The molecule has 1 amide bonds. The summed E-state index contributed by atoms with van der Waals surface area (Å²) in [4.78, 5) is 10.6. The topological polar surface area (TPSA) is 91.7 Å². The molecular formula is C11H19N3O4S. The average molecular weight is 289 g/mol. The van der Waals surface area contributed by atoms with Gasteiger partial charge in [-0.05, 0) is 12.1 Å². The van der Waals surface area contributed by atoms with Crippen molar-refractivity contribution >= 4 is 15.9 Å². The Labute approximate surface area is 113 Å². The SMILES string of the molecule is CC(=O)NCCNCc1ccc(S(=O)(=O)N(C)C)o1. The first kappa shape index (κ1) is 15.7. The van der Waals surface area contributed by atoms with Gasteiger partial charge in [0.25, 0.3) is 10.0 Å². The van der Waals surface area contributed by atoms with E-state index in [4.69, 9.17) is 4.42 Å².